The standard InChI is InChI=1S/C11H16N2O/c1-3-11(14,9-6-8(9)2)10-7-12-4-5-13-10/h4-5,7-9,14H,3,6H2,1-2H3. The number of aliphatic hydroxyl groups is 1. The molecular weight excluding hydrogens is 176 g/mol. The van der Waals surface area contributed by atoms with Gasteiger partial charge in [-0.1, -0.05) is 13.8 Å². The molecule has 1 aliphatic carbocycles. The topological polar surface area (TPSA) is 46.0 Å². The molecule has 1 heterocycles. The highest BCUT2D eigenvalue weighted by molar-refractivity contribution is 5.14. The zero-order valence-electron chi connectivity index (χ0n) is 8.64. The summed E-state index contributed by atoms with van der Waals surface area (Å²) in [6, 6.07) is 0. The van der Waals surface area contributed by atoms with Gasteiger partial charge in [0.15, 0.2) is 0 Å². The van der Waals surface area contributed by atoms with E-state index in [1.165, 1.54) is 0 Å². The fraction of sp³-hybridized carbons (Fsp3) is 0.636. The van der Waals surface area contributed by atoms with Crippen molar-refractivity contribution in [3.05, 3.63) is 24.3 Å². The molecule has 0 bridgehead atoms. The quantitative estimate of drug-likeness (QED) is 0.793. The Balaban J connectivity index is 2.29. The summed E-state index contributed by atoms with van der Waals surface area (Å²) in [5, 5.41) is 10.5. The first kappa shape index (κ1) is 9.59. The second kappa shape index (κ2) is 3.31. The van der Waals surface area contributed by atoms with Gasteiger partial charge in [-0.05, 0) is 24.7 Å². The summed E-state index contributed by atoms with van der Waals surface area (Å²) in [6.07, 6.45) is 6.76. The lowest BCUT2D eigenvalue weighted by Crippen LogP contribution is -2.29. The van der Waals surface area contributed by atoms with Crippen molar-refractivity contribution in [3.63, 3.8) is 0 Å². The normalized spacial score (nSPS) is 29.6. The van der Waals surface area contributed by atoms with E-state index >= 15 is 0 Å². The molecule has 2 rings (SSSR count). The van der Waals surface area contributed by atoms with Crippen LogP contribution in [0.1, 0.15) is 32.4 Å². The highest BCUT2D eigenvalue weighted by Crippen LogP contribution is 2.51. The Hall–Kier alpha value is -0.960. The van der Waals surface area contributed by atoms with E-state index in [2.05, 4.69) is 16.9 Å². The van der Waals surface area contributed by atoms with Crippen molar-refractivity contribution in [2.45, 2.75) is 32.3 Å². The van der Waals surface area contributed by atoms with Crippen LogP contribution in [0.25, 0.3) is 0 Å². The third kappa shape index (κ3) is 1.42. The first-order valence-electron chi connectivity index (χ1n) is 5.17. The third-order valence-corrected chi connectivity index (χ3v) is 3.27. The lowest BCUT2D eigenvalue weighted by Gasteiger charge is -2.26. The Morgan fingerprint density at radius 1 is 1.57 bits per heavy atom. The maximum Gasteiger partial charge on any atom is 0.111 e. The fourth-order valence-electron chi connectivity index (χ4n) is 2.14. The second-order valence-corrected chi connectivity index (χ2v) is 4.19. The van der Waals surface area contributed by atoms with Crippen molar-refractivity contribution < 1.29 is 5.11 Å². The molecule has 1 aromatic rings. The van der Waals surface area contributed by atoms with Crippen molar-refractivity contribution in [1.82, 2.24) is 9.97 Å². The largest absolute Gasteiger partial charge is 0.383 e. The van der Waals surface area contributed by atoms with Crippen molar-refractivity contribution in [1.29, 1.82) is 0 Å². The molecule has 0 radical (unpaired) electrons. The minimum absolute atomic E-state index is 0.365. The van der Waals surface area contributed by atoms with Crippen LogP contribution in [0.5, 0.6) is 0 Å². The van der Waals surface area contributed by atoms with E-state index in [-0.39, 0.29) is 0 Å². The van der Waals surface area contributed by atoms with Crippen LogP contribution in [0.15, 0.2) is 18.6 Å². The fourth-order valence-corrected chi connectivity index (χ4v) is 2.14. The van der Waals surface area contributed by atoms with Crippen LogP contribution < -0.4 is 0 Å². The molecule has 0 amide bonds. The Morgan fingerprint density at radius 3 is 2.71 bits per heavy atom. The predicted molar refractivity (Wildman–Crippen MR) is 53.5 cm³/mol. The van der Waals surface area contributed by atoms with Gasteiger partial charge in [0.1, 0.15) is 5.60 Å². The Kier molecular flexibility index (Phi) is 2.27. The first-order valence-corrected chi connectivity index (χ1v) is 5.17. The number of hydrogen-bond donors (Lipinski definition) is 1. The third-order valence-electron chi connectivity index (χ3n) is 3.27. The zero-order valence-corrected chi connectivity index (χ0v) is 8.64. The molecule has 0 spiro atoms. The highest BCUT2D eigenvalue weighted by atomic mass is 16.3. The van der Waals surface area contributed by atoms with Gasteiger partial charge >= 0.3 is 0 Å². The molecule has 1 N–H and O–H groups in total. The van der Waals surface area contributed by atoms with Gasteiger partial charge in [0.05, 0.1) is 11.9 Å². The monoisotopic (exact) mass is 192 g/mol. The Bertz CT molecular complexity index is 314. The molecule has 1 aromatic heterocycles. The van der Waals surface area contributed by atoms with Crippen molar-refractivity contribution in [3.8, 4) is 0 Å². The number of rotatable bonds is 3. The number of nitrogens with zero attached hydrogens (tertiary/aromatic N) is 2. The maximum absolute atomic E-state index is 10.5. The Morgan fingerprint density at radius 2 is 2.29 bits per heavy atom. The molecule has 14 heavy (non-hydrogen) atoms. The summed E-state index contributed by atoms with van der Waals surface area (Å²) >= 11 is 0. The number of aromatic nitrogens is 2. The van der Waals surface area contributed by atoms with E-state index in [0.29, 0.717) is 18.3 Å². The van der Waals surface area contributed by atoms with Gasteiger partial charge in [-0.15, -0.1) is 0 Å². The number of hydrogen-bond acceptors (Lipinski definition) is 3. The minimum atomic E-state index is -0.756. The molecule has 76 valence electrons. The lowest BCUT2D eigenvalue weighted by atomic mass is 9.90. The smallest absolute Gasteiger partial charge is 0.111 e. The molecule has 0 aliphatic heterocycles. The van der Waals surface area contributed by atoms with E-state index < -0.39 is 5.60 Å². The van der Waals surface area contributed by atoms with Gasteiger partial charge < -0.3 is 5.11 Å². The predicted octanol–water partition coefficient (Wildman–Crippen LogP) is 1.73. The maximum atomic E-state index is 10.5. The molecule has 1 fully saturated rings. The van der Waals surface area contributed by atoms with Crippen LogP contribution in [0.2, 0.25) is 0 Å². The summed E-state index contributed by atoms with van der Waals surface area (Å²) in [4.78, 5) is 8.22. The molecule has 3 nitrogen and oxygen atoms in total. The molecule has 3 heteroatoms. The summed E-state index contributed by atoms with van der Waals surface area (Å²) in [7, 11) is 0. The molecule has 3 atom stereocenters. The van der Waals surface area contributed by atoms with E-state index in [0.717, 1.165) is 12.1 Å². The van der Waals surface area contributed by atoms with Gasteiger partial charge in [-0.25, -0.2) is 0 Å². The average Bonchev–Trinajstić information content (AvgIpc) is 2.96. The van der Waals surface area contributed by atoms with Crippen LogP contribution >= 0.6 is 0 Å². The van der Waals surface area contributed by atoms with Gasteiger partial charge in [0.25, 0.3) is 0 Å². The van der Waals surface area contributed by atoms with E-state index in [4.69, 9.17) is 0 Å². The molecule has 1 saturated carbocycles. The van der Waals surface area contributed by atoms with Crippen LogP contribution in [0.4, 0.5) is 0 Å². The summed E-state index contributed by atoms with van der Waals surface area (Å²) in [6.45, 7) is 4.17. The van der Waals surface area contributed by atoms with Crippen molar-refractivity contribution >= 4 is 0 Å². The van der Waals surface area contributed by atoms with Crippen LogP contribution in [-0.4, -0.2) is 15.1 Å². The SMILES string of the molecule is CCC(O)(c1cnccn1)C1CC1C. The summed E-state index contributed by atoms with van der Waals surface area (Å²) in [5.41, 5.74) is -0.0370. The van der Waals surface area contributed by atoms with Gasteiger partial charge in [-0.2, -0.15) is 0 Å². The highest BCUT2D eigenvalue weighted by Gasteiger charge is 2.50. The molecule has 0 aromatic carbocycles. The van der Waals surface area contributed by atoms with Crippen molar-refractivity contribution in [2.75, 3.05) is 0 Å². The first-order chi connectivity index (χ1) is 6.68. The molecule has 0 saturated heterocycles. The minimum Gasteiger partial charge on any atom is -0.383 e. The van der Waals surface area contributed by atoms with E-state index in [1.807, 2.05) is 6.92 Å². The lowest BCUT2D eigenvalue weighted by molar-refractivity contribution is -0.000186. The van der Waals surface area contributed by atoms with Crippen LogP contribution in [0.3, 0.4) is 0 Å². The second-order valence-electron chi connectivity index (χ2n) is 4.19. The van der Waals surface area contributed by atoms with Gasteiger partial charge in [0, 0.05) is 12.4 Å². The van der Waals surface area contributed by atoms with E-state index in [9.17, 15) is 5.11 Å². The average molecular weight is 192 g/mol. The summed E-state index contributed by atoms with van der Waals surface area (Å²) < 4.78 is 0. The molecular formula is C11H16N2O. The van der Waals surface area contributed by atoms with Crippen molar-refractivity contribution in [2.24, 2.45) is 11.8 Å². The van der Waals surface area contributed by atoms with Crippen LogP contribution in [-0.2, 0) is 5.60 Å². The van der Waals surface area contributed by atoms with Crippen LogP contribution in [0, 0.1) is 11.8 Å². The molecule has 1 aliphatic rings. The van der Waals surface area contributed by atoms with Gasteiger partial charge in [-0.3, -0.25) is 9.97 Å². The molecule has 3 unspecified atom stereocenters. The zero-order chi connectivity index (χ0) is 10.2. The Labute approximate surface area is 84.2 Å². The van der Waals surface area contributed by atoms with E-state index in [1.54, 1.807) is 18.6 Å². The van der Waals surface area contributed by atoms with Gasteiger partial charge in [0.2, 0.25) is 0 Å². The summed E-state index contributed by atoms with van der Waals surface area (Å²) in [5.74, 6) is 0.978.